The molecule has 24 heavy (non-hydrogen) atoms. The van der Waals surface area contributed by atoms with Gasteiger partial charge in [-0.2, -0.15) is 0 Å². The first kappa shape index (κ1) is 19.0. The Morgan fingerprint density at radius 3 is 1.17 bits per heavy atom. The largest absolute Gasteiger partial charge is 0.379 e. The van der Waals surface area contributed by atoms with E-state index < -0.39 is 0 Å². The van der Waals surface area contributed by atoms with E-state index in [0.717, 1.165) is 37.3 Å². The molecule has 1 aromatic carbocycles. The minimum Gasteiger partial charge on any atom is -0.379 e. The van der Waals surface area contributed by atoms with E-state index in [-0.39, 0.29) is 0 Å². The van der Waals surface area contributed by atoms with Gasteiger partial charge in [0.15, 0.2) is 0 Å². The van der Waals surface area contributed by atoms with Crippen LogP contribution in [0.4, 0.5) is 0 Å². The number of rotatable bonds is 4. The van der Waals surface area contributed by atoms with E-state index in [1.54, 1.807) is 0 Å². The summed E-state index contributed by atoms with van der Waals surface area (Å²) in [5.74, 6) is 0. The van der Waals surface area contributed by atoms with E-state index in [1.165, 1.54) is 0 Å². The predicted octanol–water partition coefficient (Wildman–Crippen LogP) is 3.96. The topological polar surface area (TPSA) is 24.9 Å². The predicted molar refractivity (Wildman–Crippen MR) is 98.7 cm³/mol. The third kappa shape index (κ3) is 4.30. The summed E-state index contributed by atoms with van der Waals surface area (Å²) in [5, 5.41) is 2.00. The molecule has 0 aromatic heterocycles. The molecule has 0 N–H and O–H groups in total. The van der Waals surface area contributed by atoms with Crippen molar-refractivity contribution in [1.82, 2.24) is 9.80 Å². The van der Waals surface area contributed by atoms with Crippen LogP contribution in [0.25, 0.3) is 0 Å². The van der Waals surface area contributed by atoms with E-state index in [2.05, 4.69) is 9.80 Å². The van der Waals surface area contributed by atoms with Crippen molar-refractivity contribution in [2.75, 3.05) is 52.6 Å². The Morgan fingerprint density at radius 2 is 0.875 bits per heavy atom. The Kier molecular flexibility index (Phi) is 6.92. The molecule has 0 saturated carbocycles. The summed E-state index contributed by atoms with van der Waals surface area (Å²) in [7, 11) is 0. The maximum absolute atomic E-state index is 6.54. The molecule has 134 valence electrons. The summed E-state index contributed by atoms with van der Waals surface area (Å²) in [5.41, 5.74) is 1.59. The molecule has 1 aromatic rings. The number of hydrogen-bond donors (Lipinski definition) is 0. The minimum atomic E-state index is 0.501. The Balaban J connectivity index is 1.83. The van der Waals surface area contributed by atoms with Crippen LogP contribution in [0.3, 0.4) is 0 Å². The first-order valence-corrected chi connectivity index (χ1v) is 9.53. The molecule has 0 radical (unpaired) electrons. The van der Waals surface area contributed by atoms with Gasteiger partial charge < -0.3 is 9.47 Å². The highest BCUT2D eigenvalue weighted by Gasteiger charge is 2.24. The van der Waals surface area contributed by atoms with Crippen molar-refractivity contribution in [3.63, 3.8) is 0 Å². The fraction of sp³-hybridized carbons (Fsp3) is 0.625. The Morgan fingerprint density at radius 1 is 0.583 bits per heavy atom. The van der Waals surface area contributed by atoms with Crippen LogP contribution in [-0.4, -0.2) is 62.4 Å². The van der Waals surface area contributed by atoms with Gasteiger partial charge in [0.1, 0.15) is 0 Å². The van der Waals surface area contributed by atoms with Crippen LogP contribution in [0, 0.1) is 0 Å². The molecule has 2 aliphatic rings. The molecule has 2 aliphatic heterocycles. The lowest BCUT2D eigenvalue weighted by molar-refractivity contribution is 0.0337. The molecule has 0 aliphatic carbocycles. The highest BCUT2D eigenvalue weighted by atomic mass is 35.5. The molecule has 8 heteroatoms. The zero-order chi connectivity index (χ0) is 17.1. The fourth-order valence-corrected chi connectivity index (χ4v) is 4.14. The van der Waals surface area contributed by atoms with Crippen molar-refractivity contribution in [3.05, 3.63) is 31.2 Å². The zero-order valence-corrected chi connectivity index (χ0v) is 16.3. The normalized spacial score (nSPS) is 20.5. The van der Waals surface area contributed by atoms with Gasteiger partial charge in [-0.25, -0.2) is 0 Å². The maximum atomic E-state index is 6.54. The molecule has 3 rings (SSSR count). The Hall–Kier alpha value is 0.220. The van der Waals surface area contributed by atoms with Gasteiger partial charge in [-0.15, -0.1) is 0 Å². The molecule has 2 saturated heterocycles. The van der Waals surface area contributed by atoms with Crippen molar-refractivity contribution < 1.29 is 9.47 Å². The van der Waals surface area contributed by atoms with Crippen LogP contribution in [0.1, 0.15) is 11.1 Å². The fourth-order valence-electron chi connectivity index (χ4n) is 2.97. The molecular formula is C16H20Cl4N2O2. The number of halogens is 4. The second-order valence-electron chi connectivity index (χ2n) is 5.99. The van der Waals surface area contributed by atoms with Crippen molar-refractivity contribution in [3.8, 4) is 0 Å². The molecule has 0 atom stereocenters. The summed E-state index contributed by atoms with van der Waals surface area (Å²) >= 11 is 26.1. The Bertz CT molecular complexity index is 508. The van der Waals surface area contributed by atoms with Crippen molar-refractivity contribution >= 4 is 46.4 Å². The molecule has 0 unspecified atom stereocenters. The molecule has 0 bridgehead atoms. The van der Waals surface area contributed by atoms with Crippen molar-refractivity contribution in [1.29, 1.82) is 0 Å². The average Bonchev–Trinajstić information content (AvgIpc) is 2.62. The third-order valence-electron chi connectivity index (χ3n) is 4.42. The van der Waals surface area contributed by atoms with Gasteiger partial charge in [-0.1, -0.05) is 46.4 Å². The lowest BCUT2D eigenvalue weighted by atomic mass is 10.1. The molecular weight excluding hydrogens is 394 g/mol. The van der Waals surface area contributed by atoms with Gasteiger partial charge in [-0.3, -0.25) is 9.80 Å². The smallest absolute Gasteiger partial charge is 0.0656 e. The third-order valence-corrected chi connectivity index (χ3v) is 6.28. The van der Waals surface area contributed by atoms with Gasteiger partial charge in [0.05, 0.1) is 46.5 Å². The number of benzene rings is 1. The van der Waals surface area contributed by atoms with Gasteiger partial charge in [0, 0.05) is 50.4 Å². The van der Waals surface area contributed by atoms with Crippen LogP contribution in [0.5, 0.6) is 0 Å². The van der Waals surface area contributed by atoms with E-state index >= 15 is 0 Å². The van der Waals surface area contributed by atoms with Crippen LogP contribution in [-0.2, 0) is 22.6 Å². The lowest BCUT2D eigenvalue weighted by Crippen LogP contribution is -2.36. The molecule has 4 nitrogen and oxygen atoms in total. The SMILES string of the molecule is Clc1c(Cl)c(CN2CCOCC2)c(Cl)c(Cl)c1CN1CCOCC1. The van der Waals surface area contributed by atoms with Gasteiger partial charge >= 0.3 is 0 Å². The number of hydrogen-bond acceptors (Lipinski definition) is 4. The highest BCUT2D eigenvalue weighted by molar-refractivity contribution is 6.48. The van der Waals surface area contributed by atoms with E-state index in [1.807, 2.05) is 0 Å². The standard InChI is InChI=1S/C16H20Cl4N2O2/c17-13-11(9-21-1-5-23-6-2-21)14(18)16(20)12(15(13)19)10-22-3-7-24-8-4-22/h1-10H2. The van der Waals surface area contributed by atoms with Crippen LogP contribution in [0.2, 0.25) is 20.1 Å². The van der Waals surface area contributed by atoms with Crippen molar-refractivity contribution in [2.45, 2.75) is 13.1 Å². The molecule has 0 spiro atoms. The Labute approximate surface area is 162 Å². The summed E-state index contributed by atoms with van der Waals surface area (Å²) < 4.78 is 10.7. The van der Waals surface area contributed by atoms with Crippen LogP contribution >= 0.6 is 46.4 Å². The zero-order valence-electron chi connectivity index (χ0n) is 13.3. The molecule has 0 amide bonds. The lowest BCUT2D eigenvalue weighted by Gasteiger charge is -2.29. The minimum absolute atomic E-state index is 0.501. The molecule has 2 fully saturated rings. The average molecular weight is 414 g/mol. The quantitative estimate of drug-likeness (QED) is 0.697. The number of nitrogens with zero attached hydrogens (tertiary/aromatic N) is 2. The summed E-state index contributed by atoms with van der Waals surface area (Å²) in [4.78, 5) is 4.48. The number of morpholine rings is 2. The first-order valence-electron chi connectivity index (χ1n) is 8.02. The van der Waals surface area contributed by atoms with E-state index in [4.69, 9.17) is 55.9 Å². The van der Waals surface area contributed by atoms with Gasteiger partial charge in [-0.05, 0) is 0 Å². The van der Waals surface area contributed by atoms with Crippen LogP contribution in [0.15, 0.2) is 0 Å². The summed E-state index contributed by atoms with van der Waals surface area (Å²) in [6.45, 7) is 7.48. The van der Waals surface area contributed by atoms with Crippen molar-refractivity contribution in [2.24, 2.45) is 0 Å². The number of ether oxygens (including phenoxy) is 2. The highest BCUT2D eigenvalue weighted by Crippen LogP contribution is 2.42. The van der Waals surface area contributed by atoms with Gasteiger partial charge in [0.2, 0.25) is 0 Å². The maximum Gasteiger partial charge on any atom is 0.0656 e. The second-order valence-corrected chi connectivity index (χ2v) is 7.50. The summed E-state index contributed by atoms with van der Waals surface area (Å²) in [6.07, 6.45) is 0. The summed E-state index contributed by atoms with van der Waals surface area (Å²) in [6, 6.07) is 0. The van der Waals surface area contributed by atoms with Crippen LogP contribution < -0.4 is 0 Å². The second kappa shape index (κ2) is 8.74. The first-order chi connectivity index (χ1) is 11.6. The van der Waals surface area contributed by atoms with Gasteiger partial charge in [0.25, 0.3) is 0 Å². The van der Waals surface area contributed by atoms with E-state index in [9.17, 15) is 0 Å². The van der Waals surface area contributed by atoms with E-state index in [0.29, 0.717) is 59.6 Å². The monoisotopic (exact) mass is 412 g/mol. The molecule has 2 heterocycles.